The fourth-order valence-corrected chi connectivity index (χ4v) is 2.07. The van der Waals surface area contributed by atoms with Crippen molar-refractivity contribution in [3.8, 4) is 5.75 Å². The van der Waals surface area contributed by atoms with E-state index in [-0.39, 0.29) is 11.9 Å². The van der Waals surface area contributed by atoms with Crippen LogP contribution in [-0.2, 0) is 4.74 Å². The Morgan fingerprint density at radius 1 is 1.35 bits per heavy atom. The molecule has 1 aromatic carbocycles. The average molecular weight is 234 g/mol. The zero-order valence-electron chi connectivity index (χ0n) is 10.1. The van der Waals surface area contributed by atoms with Crippen molar-refractivity contribution < 1.29 is 14.3 Å². The molecule has 1 aromatic rings. The fourth-order valence-electron chi connectivity index (χ4n) is 2.07. The van der Waals surface area contributed by atoms with E-state index in [2.05, 4.69) is 0 Å². The van der Waals surface area contributed by atoms with Gasteiger partial charge in [0.25, 0.3) is 0 Å². The fraction of sp³-hybridized carbons (Fsp3) is 0.500. The minimum absolute atomic E-state index is 0.110. The van der Waals surface area contributed by atoms with Gasteiger partial charge in [-0.3, -0.25) is 4.79 Å². The van der Waals surface area contributed by atoms with Crippen molar-refractivity contribution in [3.63, 3.8) is 0 Å². The van der Waals surface area contributed by atoms with Crippen molar-refractivity contribution in [3.05, 3.63) is 29.8 Å². The van der Waals surface area contributed by atoms with Gasteiger partial charge >= 0.3 is 0 Å². The molecular formula is C14H18O3. The lowest BCUT2D eigenvalue weighted by molar-refractivity contribution is 0.0129. The Hall–Kier alpha value is -1.35. The first-order valence-corrected chi connectivity index (χ1v) is 6.08. The molecule has 0 saturated carbocycles. The Bertz CT molecular complexity index is 364. The highest BCUT2D eigenvalue weighted by atomic mass is 16.5. The molecule has 0 aliphatic carbocycles. The van der Waals surface area contributed by atoms with E-state index < -0.39 is 0 Å². The van der Waals surface area contributed by atoms with Crippen LogP contribution in [0.25, 0.3) is 0 Å². The lowest BCUT2D eigenvalue weighted by atomic mass is 10.00. The number of hydrogen-bond acceptors (Lipinski definition) is 3. The number of methoxy groups -OCH3 is 1. The Morgan fingerprint density at radius 2 is 2.12 bits per heavy atom. The summed E-state index contributed by atoms with van der Waals surface area (Å²) >= 11 is 0. The standard InChI is InChI=1S/C14H18O3/c1-16-12-7-5-11(6-8-12)14(15)10-13-4-2-3-9-17-13/h5-8,13H,2-4,9-10H2,1H3. The maximum atomic E-state index is 12.0. The number of ether oxygens (including phenoxy) is 2. The second-order valence-corrected chi connectivity index (χ2v) is 4.34. The third-order valence-electron chi connectivity index (χ3n) is 3.10. The minimum Gasteiger partial charge on any atom is -0.497 e. The van der Waals surface area contributed by atoms with Gasteiger partial charge < -0.3 is 9.47 Å². The molecule has 1 aliphatic rings. The molecule has 0 radical (unpaired) electrons. The summed E-state index contributed by atoms with van der Waals surface area (Å²) in [4.78, 5) is 12.0. The Morgan fingerprint density at radius 3 is 2.71 bits per heavy atom. The summed E-state index contributed by atoms with van der Waals surface area (Å²) < 4.78 is 10.6. The van der Waals surface area contributed by atoms with Gasteiger partial charge in [0, 0.05) is 18.6 Å². The normalized spacial score (nSPS) is 19.9. The first-order chi connectivity index (χ1) is 8.29. The van der Waals surface area contributed by atoms with Gasteiger partial charge in [-0.05, 0) is 43.5 Å². The average Bonchev–Trinajstić information content (AvgIpc) is 2.40. The van der Waals surface area contributed by atoms with Gasteiger partial charge in [-0.2, -0.15) is 0 Å². The van der Waals surface area contributed by atoms with Gasteiger partial charge in [0.1, 0.15) is 5.75 Å². The molecule has 1 saturated heterocycles. The van der Waals surface area contributed by atoms with Gasteiger partial charge in [0.2, 0.25) is 0 Å². The van der Waals surface area contributed by atoms with Crippen LogP contribution in [0, 0.1) is 0 Å². The van der Waals surface area contributed by atoms with E-state index in [1.54, 1.807) is 7.11 Å². The van der Waals surface area contributed by atoms with Gasteiger partial charge in [-0.1, -0.05) is 0 Å². The van der Waals surface area contributed by atoms with Gasteiger partial charge in [-0.15, -0.1) is 0 Å². The van der Waals surface area contributed by atoms with E-state index in [4.69, 9.17) is 9.47 Å². The van der Waals surface area contributed by atoms with Gasteiger partial charge in [-0.25, -0.2) is 0 Å². The lowest BCUT2D eigenvalue weighted by Crippen LogP contribution is -2.22. The third-order valence-corrected chi connectivity index (χ3v) is 3.10. The Balaban J connectivity index is 1.93. The van der Waals surface area contributed by atoms with Crippen LogP contribution in [0.3, 0.4) is 0 Å². The molecule has 1 aliphatic heterocycles. The number of Topliss-reactive ketones (excluding diaryl/α,β-unsaturated/α-hetero) is 1. The highest BCUT2D eigenvalue weighted by Gasteiger charge is 2.18. The zero-order chi connectivity index (χ0) is 12.1. The van der Waals surface area contributed by atoms with Crippen LogP contribution < -0.4 is 4.74 Å². The molecule has 1 heterocycles. The first-order valence-electron chi connectivity index (χ1n) is 6.08. The van der Waals surface area contributed by atoms with E-state index in [9.17, 15) is 4.79 Å². The van der Waals surface area contributed by atoms with Crippen LogP contribution in [-0.4, -0.2) is 25.6 Å². The highest BCUT2D eigenvalue weighted by Crippen LogP contribution is 2.19. The molecular weight excluding hydrogens is 216 g/mol. The monoisotopic (exact) mass is 234 g/mol. The van der Waals surface area contributed by atoms with E-state index in [0.29, 0.717) is 6.42 Å². The highest BCUT2D eigenvalue weighted by molar-refractivity contribution is 5.96. The smallest absolute Gasteiger partial charge is 0.165 e. The van der Waals surface area contributed by atoms with Crippen LogP contribution in [0.4, 0.5) is 0 Å². The summed E-state index contributed by atoms with van der Waals surface area (Å²) in [6.45, 7) is 0.792. The second kappa shape index (κ2) is 5.82. The maximum Gasteiger partial charge on any atom is 0.165 e. The number of rotatable bonds is 4. The molecule has 92 valence electrons. The molecule has 17 heavy (non-hydrogen) atoms. The van der Waals surface area contributed by atoms with Crippen molar-refractivity contribution in [1.29, 1.82) is 0 Å². The van der Waals surface area contributed by atoms with E-state index in [0.717, 1.165) is 30.8 Å². The van der Waals surface area contributed by atoms with Crippen molar-refractivity contribution >= 4 is 5.78 Å². The van der Waals surface area contributed by atoms with Crippen LogP contribution in [0.15, 0.2) is 24.3 Å². The molecule has 1 fully saturated rings. The predicted octanol–water partition coefficient (Wildman–Crippen LogP) is 2.84. The van der Waals surface area contributed by atoms with Crippen molar-refractivity contribution in [2.24, 2.45) is 0 Å². The van der Waals surface area contributed by atoms with Gasteiger partial charge in [0.05, 0.1) is 13.2 Å². The number of carbonyl (C=O) groups excluding carboxylic acids is 1. The quantitative estimate of drug-likeness (QED) is 0.751. The number of carbonyl (C=O) groups is 1. The lowest BCUT2D eigenvalue weighted by Gasteiger charge is -2.21. The van der Waals surface area contributed by atoms with Crippen LogP contribution in [0.5, 0.6) is 5.75 Å². The molecule has 1 unspecified atom stereocenters. The molecule has 0 spiro atoms. The van der Waals surface area contributed by atoms with Gasteiger partial charge in [0.15, 0.2) is 5.78 Å². The minimum atomic E-state index is 0.110. The first kappa shape index (κ1) is 12.1. The summed E-state index contributed by atoms with van der Waals surface area (Å²) in [7, 11) is 1.62. The summed E-state index contributed by atoms with van der Waals surface area (Å²) in [5.74, 6) is 0.926. The van der Waals surface area contributed by atoms with E-state index in [1.165, 1.54) is 6.42 Å². The second-order valence-electron chi connectivity index (χ2n) is 4.34. The van der Waals surface area contributed by atoms with E-state index >= 15 is 0 Å². The largest absolute Gasteiger partial charge is 0.497 e. The van der Waals surface area contributed by atoms with Crippen molar-refractivity contribution in [2.45, 2.75) is 31.8 Å². The third kappa shape index (κ3) is 3.30. The molecule has 3 nitrogen and oxygen atoms in total. The molecule has 3 heteroatoms. The zero-order valence-corrected chi connectivity index (χ0v) is 10.1. The Labute approximate surface area is 102 Å². The summed E-state index contributed by atoms with van der Waals surface area (Å²) in [5, 5.41) is 0. The Kier molecular flexibility index (Phi) is 4.15. The molecule has 0 bridgehead atoms. The van der Waals surface area contributed by atoms with Crippen molar-refractivity contribution in [1.82, 2.24) is 0 Å². The summed E-state index contributed by atoms with van der Waals surface area (Å²) in [5.41, 5.74) is 0.736. The van der Waals surface area contributed by atoms with Crippen LogP contribution >= 0.6 is 0 Å². The molecule has 0 amide bonds. The SMILES string of the molecule is COc1ccc(C(=O)CC2CCCCO2)cc1. The number of hydrogen-bond donors (Lipinski definition) is 0. The number of benzene rings is 1. The molecule has 1 atom stereocenters. The van der Waals surface area contributed by atoms with Crippen molar-refractivity contribution in [2.75, 3.05) is 13.7 Å². The van der Waals surface area contributed by atoms with Crippen LogP contribution in [0.2, 0.25) is 0 Å². The number of ketones is 1. The topological polar surface area (TPSA) is 35.5 Å². The van der Waals surface area contributed by atoms with Crippen LogP contribution in [0.1, 0.15) is 36.0 Å². The maximum absolute atomic E-state index is 12.0. The molecule has 0 N–H and O–H groups in total. The molecule has 2 rings (SSSR count). The molecule has 0 aromatic heterocycles. The predicted molar refractivity (Wildman–Crippen MR) is 65.5 cm³/mol. The summed E-state index contributed by atoms with van der Waals surface area (Å²) in [6.07, 6.45) is 3.89. The summed E-state index contributed by atoms with van der Waals surface area (Å²) in [6, 6.07) is 7.25. The van der Waals surface area contributed by atoms with E-state index in [1.807, 2.05) is 24.3 Å².